The lowest BCUT2D eigenvalue weighted by Crippen LogP contribution is -2.52. The predicted octanol–water partition coefficient (Wildman–Crippen LogP) is 3.47. The van der Waals surface area contributed by atoms with E-state index >= 15 is 0 Å². The normalized spacial score (nSPS) is 28.5. The highest BCUT2D eigenvalue weighted by atomic mass is 127. The maximum atomic E-state index is 11.7. The Bertz CT molecular complexity index is 255. The summed E-state index contributed by atoms with van der Waals surface area (Å²) in [5, 5.41) is 0. The maximum Gasteiger partial charge on any atom is 0.162 e. The molecule has 2 aliphatic rings. The number of carbonyl (C=O) groups excluding carboxylic acids is 1. The Balaban J connectivity index is 1.98. The van der Waals surface area contributed by atoms with Crippen LogP contribution >= 0.6 is 22.6 Å². The maximum absolute atomic E-state index is 11.7. The Morgan fingerprint density at radius 3 is 2.38 bits per heavy atom. The molecule has 2 saturated carbocycles. The van der Waals surface area contributed by atoms with Crippen LogP contribution in [0.1, 0.15) is 39.0 Å². The highest BCUT2D eigenvalue weighted by Gasteiger charge is 2.56. The summed E-state index contributed by atoms with van der Waals surface area (Å²) >= 11 is 2.11. The largest absolute Gasteiger partial charge is 0.294 e. The van der Waals surface area contributed by atoms with Crippen LogP contribution in [0.15, 0.2) is 10.2 Å². The molecule has 72 valence electrons. The van der Waals surface area contributed by atoms with Gasteiger partial charge >= 0.3 is 0 Å². The summed E-state index contributed by atoms with van der Waals surface area (Å²) in [6.45, 7) is 2.12. The Labute approximate surface area is 93.1 Å². The molecule has 0 bridgehead atoms. The van der Waals surface area contributed by atoms with Crippen molar-refractivity contribution in [2.45, 2.75) is 39.0 Å². The first kappa shape index (κ1) is 9.69. The molecule has 0 aromatic heterocycles. The Morgan fingerprint density at radius 2 is 2.00 bits per heavy atom. The van der Waals surface area contributed by atoms with E-state index in [-0.39, 0.29) is 5.41 Å². The van der Waals surface area contributed by atoms with E-state index in [0.717, 1.165) is 12.8 Å². The van der Waals surface area contributed by atoms with Crippen molar-refractivity contribution in [3.63, 3.8) is 0 Å². The van der Waals surface area contributed by atoms with Crippen LogP contribution in [0.2, 0.25) is 0 Å². The summed E-state index contributed by atoms with van der Waals surface area (Å²) in [7, 11) is 0. The van der Waals surface area contributed by atoms with Crippen LogP contribution in [0.3, 0.4) is 0 Å². The van der Waals surface area contributed by atoms with E-state index in [4.69, 9.17) is 0 Å². The lowest BCUT2D eigenvalue weighted by Gasteiger charge is -2.59. The van der Waals surface area contributed by atoms with Crippen LogP contribution in [0.25, 0.3) is 0 Å². The van der Waals surface area contributed by atoms with Gasteiger partial charge < -0.3 is 0 Å². The average Bonchev–Trinajstić information content (AvgIpc) is 1.95. The van der Waals surface area contributed by atoms with Gasteiger partial charge in [-0.05, 0) is 41.3 Å². The van der Waals surface area contributed by atoms with Gasteiger partial charge in [0.05, 0.1) is 0 Å². The molecule has 2 fully saturated rings. The molecule has 0 aliphatic heterocycles. The van der Waals surface area contributed by atoms with Gasteiger partial charge in [0, 0.05) is 5.41 Å². The number of carbonyl (C=O) groups is 1. The second-order valence-corrected chi connectivity index (χ2v) is 5.64. The highest BCUT2D eigenvalue weighted by Crippen LogP contribution is 2.64. The molecule has 0 unspecified atom stereocenters. The zero-order valence-corrected chi connectivity index (χ0v) is 10.1. The van der Waals surface area contributed by atoms with E-state index in [1.54, 1.807) is 6.08 Å². The van der Waals surface area contributed by atoms with Gasteiger partial charge in [0.1, 0.15) is 0 Å². The van der Waals surface area contributed by atoms with Crippen LogP contribution in [-0.2, 0) is 4.79 Å². The van der Waals surface area contributed by atoms with Gasteiger partial charge in [-0.3, -0.25) is 4.79 Å². The molecule has 0 heterocycles. The van der Waals surface area contributed by atoms with Crippen LogP contribution < -0.4 is 0 Å². The molecule has 0 N–H and O–H groups in total. The van der Waals surface area contributed by atoms with Crippen LogP contribution in [-0.4, -0.2) is 5.78 Å². The Hall–Kier alpha value is 0.140. The average molecular weight is 290 g/mol. The quantitative estimate of drug-likeness (QED) is 0.562. The van der Waals surface area contributed by atoms with E-state index in [2.05, 4.69) is 29.5 Å². The molecule has 1 spiro atoms. The minimum atomic E-state index is -0.0118. The number of ketones is 1. The van der Waals surface area contributed by atoms with E-state index in [1.165, 1.54) is 19.3 Å². The lowest BCUT2D eigenvalue weighted by atomic mass is 9.45. The molecular formula is C11H15IO. The van der Waals surface area contributed by atoms with Crippen LogP contribution in [0.5, 0.6) is 0 Å². The molecule has 13 heavy (non-hydrogen) atoms. The first-order valence-electron chi connectivity index (χ1n) is 4.92. The molecule has 0 atom stereocenters. The first-order chi connectivity index (χ1) is 6.10. The van der Waals surface area contributed by atoms with Gasteiger partial charge in [-0.1, -0.05) is 35.9 Å². The van der Waals surface area contributed by atoms with Crippen molar-refractivity contribution in [1.29, 1.82) is 0 Å². The number of allylic oxidation sites excluding steroid dienone is 1. The fraction of sp³-hybridized carbons (Fsp3) is 0.727. The topological polar surface area (TPSA) is 17.1 Å². The predicted molar refractivity (Wildman–Crippen MR) is 61.8 cm³/mol. The summed E-state index contributed by atoms with van der Waals surface area (Å²) in [4.78, 5) is 11.7. The zero-order chi connectivity index (χ0) is 9.53. The highest BCUT2D eigenvalue weighted by molar-refractivity contribution is 14.1. The molecule has 0 aromatic rings. The molecule has 0 aromatic carbocycles. The van der Waals surface area contributed by atoms with Gasteiger partial charge in [0.25, 0.3) is 0 Å². The summed E-state index contributed by atoms with van der Waals surface area (Å²) in [6.07, 6.45) is 8.12. The van der Waals surface area contributed by atoms with E-state index < -0.39 is 0 Å². The van der Waals surface area contributed by atoms with Crippen molar-refractivity contribution in [2.24, 2.45) is 10.8 Å². The van der Waals surface area contributed by atoms with Gasteiger partial charge in [-0.15, -0.1) is 0 Å². The van der Waals surface area contributed by atoms with Crippen LogP contribution in [0, 0.1) is 10.8 Å². The minimum absolute atomic E-state index is 0.0118. The minimum Gasteiger partial charge on any atom is -0.294 e. The van der Waals surface area contributed by atoms with Gasteiger partial charge in [0.15, 0.2) is 5.78 Å². The molecular weight excluding hydrogens is 275 g/mol. The van der Waals surface area contributed by atoms with Crippen molar-refractivity contribution < 1.29 is 4.79 Å². The summed E-state index contributed by atoms with van der Waals surface area (Å²) in [5.41, 5.74) is 0.589. The van der Waals surface area contributed by atoms with E-state index in [0.29, 0.717) is 11.2 Å². The van der Waals surface area contributed by atoms with E-state index in [9.17, 15) is 4.79 Å². The number of hydrogen-bond acceptors (Lipinski definition) is 1. The third kappa shape index (κ3) is 1.47. The number of hydrogen-bond donors (Lipinski definition) is 0. The summed E-state index contributed by atoms with van der Waals surface area (Å²) < 4.78 is 1.83. The number of rotatable bonds is 2. The smallest absolute Gasteiger partial charge is 0.162 e. The summed E-state index contributed by atoms with van der Waals surface area (Å²) in [5.74, 6) is 0.333. The standard InChI is InChI=1S/C11H15IO/c1-10(9(13)3-6-12)7-11(8-10)4-2-5-11/h3,6H,2,4-5,7-8H2,1H3. The third-order valence-electron chi connectivity index (χ3n) is 3.75. The molecule has 0 amide bonds. The van der Waals surface area contributed by atoms with Gasteiger partial charge in [-0.2, -0.15) is 0 Å². The van der Waals surface area contributed by atoms with Crippen molar-refractivity contribution in [3.05, 3.63) is 10.2 Å². The van der Waals surface area contributed by atoms with Gasteiger partial charge in [-0.25, -0.2) is 0 Å². The molecule has 2 heteroatoms. The fourth-order valence-electron chi connectivity index (χ4n) is 3.07. The lowest BCUT2D eigenvalue weighted by molar-refractivity contribution is -0.145. The van der Waals surface area contributed by atoms with Crippen molar-refractivity contribution in [3.8, 4) is 0 Å². The zero-order valence-electron chi connectivity index (χ0n) is 7.98. The van der Waals surface area contributed by atoms with Gasteiger partial charge in [0.2, 0.25) is 0 Å². The second kappa shape index (κ2) is 3.07. The molecule has 1 nitrogen and oxygen atoms in total. The van der Waals surface area contributed by atoms with Crippen molar-refractivity contribution in [2.75, 3.05) is 0 Å². The fourth-order valence-corrected chi connectivity index (χ4v) is 3.39. The van der Waals surface area contributed by atoms with Crippen LogP contribution in [0.4, 0.5) is 0 Å². The summed E-state index contributed by atoms with van der Waals surface area (Å²) in [6, 6.07) is 0. The Morgan fingerprint density at radius 1 is 1.38 bits per heavy atom. The van der Waals surface area contributed by atoms with Crippen molar-refractivity contribution in [1.82, 2.24) is 0 Å². The second-order valence-electron chi connectivity index (χ2n) is 4.92. The molecule has 0 saturated heterocycles. The SMILES string of the molecule is CC1(C(=O)C=CI)CC2(CCC2)C1. The monoisotopic (exact) mass is 290 g/mol. The van der Waals surface area contributed by atoms with Crippen molar-refractivity contribution >= 4 is 28.4 Å². The molecule has 2 aliphatic carbocycles. The Kier molecular flexibility index (Phi) is 2.29. The van der Waals surface area contributed by atoms with E-state index in [1.807, 2.05) is 4.08 Å². The molecule has 2 rings (SSSR count). The number of halogens is 1. The third-order valence-corrected chi connectivity index (χ3v) is 4.11. The molecule has 0 radical (unpaired) electrons. The first-order valence-corrected chi connectivity index (χ1v) is 6.16.